The Hall–Kier alpha value is -0.400. The minimum Gasteiger partial charge on any atom is -0.394 e. The quantitative estimate of drug-likeness (QED) is 0.269. The summed E-state index contributed by atoms with van der Waals surface area (Å²) in [6.07, 6.45) is -14.2. The van der Waals surface area contributed by atoms with Gasteiger partial charge in [0.15, 0.2) is 12.6 Å². The normalized spacial score (nSPS) is 53.5. The number of aliphatic hydroxyl groups is 7. The van der Waals surface area contributed by atoms with E-state index >= 15 is 0 Å². The van der Waals surface area contributed by atoms with Gasteiger partial charge in [0.2, 0.25) is 0 Å². The Kier molecular flexibility index (Phi) is 5.72. The maximum absolute atomic E-state index is 9.93. The number of hydrogen-bond donors (Lipinski definition) is 7. The fraction of sp³-hybridized carbons (Fsp3) is 1.00. The lowest BCUT2D eigenvalue weighted by Crippen LogP contribution is -2.63. The highest BCUT2D eigenvalue weighted by Crippen LogP contribution is 2.28. The van der Waals surface area contributed by atoms with Crippen LogP contribution in [0.5, 0.6) is 0 Å². The van der Waals surface area contributed by atoms with Gasteiger partial charge in [-0.1, -0.05) is 0 Å². The van der Waals surface area contributed by atoms with Gasteiger partial charge in [-0.05, 0) is 6.92 Å². The smallest absolute Gasteiger partial charge is 0.187 e. The maximum atomic E-state index is 9.93. The van der Waals surface area contributed by atoms with Crippen LogP contribution in [0, 0.1) is 0 Å². The summed E-state index contributed by atoms with van der Waals surface area (Å²) in [5.41, 5.74) is 0. The van der Waals surface area contributed by atoms with E-state index in [4.69, 9.17) is 14.2 Å². The predicted molar refractivity (Wildman–Crippen MR) is 67.2 cm³/mol. The van der Waals surface area contributed by atoms with Crippen LogP contribution in [0.25, 0.3) is 0 Å². The summed E-state index contributed by atoms with van der Waals surface area (Å²) in [4.78, 5) is 0. The first-order valence-electron chi connectivity index (χ1n) is 6.93. The fourth-order valence-electron chi connectivity index (χ4n) is 2.52. The molecule has 1 unspecified atom stereocenters. The van der Waals surface area contributed by atoms with E-state index in [0.29, 0.717) is 0 Å². The van der Waals surface area contributed by atoms with Crippen LogP contribution in [-0.2, 0) is 14.2 Å². The molecule has 0 spiro atoms. The third-order valence-electron chi connectivity index (χ3n) is 3.94. The number of hydrogen-bond acceptors (Lipinski definition) is 10. The molecular formula is C12H22O10. The molecule has 0 aromatic rings. The summed E-state index contributed by atoms with van der Waals surface area (Å²) in [7, 11) is 0. The molecule has 2 aliphatic rings. The van der Waals surface area contributed by atoms with Crippen molar-refractivity contribution in [3.05, 3.63) is 0 Å². The maximum Gasteiger partial charge on any atom is 0.187 e. The monoisotopic (exact) mass is 326 g/mol. The van der Waals surface area contributed by atoms with Gasteiger partial charge in [0, 0.05) is 0 Å². The number of aliphatic hydroxyl groups excluding tert-OH is 7. The van der Waals surface area contributed by atoms with Gasteiger partial charge >= 0.3 is 0 Å². The van der Waals surface area contributed by atoms with Crippen LogP contribution in [0.15, 0.2) is 0 Å². The zero-order chi connectivity index (χ0) is 16.6. The van der Waals surface area contributed by atoms with Gasteiger partial charge in [-0.3, -0.25) is 0 Å². The van der Waals surface area contributed by atoms with Crippen molar-refractivity contribution in [2.45, 2.75) is 68.3 Å². The third kappa shape index (κ3) is 3.26. The Labute approximate surface area is 126 Å². The van der Waals surface area contributed by atoms with Crippen molar-refractivity contribution in [3.63, 3.8) is 0 Å². The summed E-state index contributed by atoms with van der Waals surface area (Å²) < 4.78 is 15.4. The predicted octanol–water partition coefficient (Wildman–Crippen LogP) is -4.37. The second-order valence-corrected chi connectivity index (χ2v) is 5.51. The van der Waals surface area contributed by atoms with Crippen LogP contribution < -0.4 is 0 Å². The molecule has 2 rings (SSSR count). The van der Waals surface area contributed by atoms with Gasteiger partial charge in [0.25, 0.3) is 0 Å². The second kappa shape index (κ2) is 7.01. The summed E-state index contributed by atoms with van der Waals surface area (Å²) in [5.74, 6) is 0. The van der Waals surface area contributed by atoms with Crippen LogP contribution in [0.3, 0.4) is 0 Å². The van der Waals surface area contributed by atoms with Crippen LogP contribution in [0.1, 0.15) is 6.92 Å². The Morgan fingerprint density at radius 1 is 0.818 bits per heavy atom. The molecule has 10 heteroatoms. The molecule has 2 saturated heterocycles. The van der Waals surface area contributed by atoms with Gasteiger partial charge in [-0.2, -0.15) is 0 Å². The van der Waals surface area contributed by atoms with Crippen LogP contribution >= 0.6 is 0 Å². The fourth-order valence-corrected chi connectivity index (χ4v) is 2.52. The molecule has 2 aliphatic heterocycles. The Balaban J connectivity index is 2.10. The molecule has 2 heterocycles. The van der Waals surface area contributed by atoms with Gasteiger partial charge < -0.3 is 50.0 Å². The van der Waals surface area contributed by atoms with Crippen molar-refractivity contribution in [2.24, 2.45) is 0 Å². The summed E-state index contributed by atoms with van der Waals surface area (Å²) in [6, 6.07) is 0. The van der Waals surface area contributed by atoms with Crippen molar-refractivity contribution >= 4 is 0 Å². The van der Waals surface area contributed by atoms with Crippen LogP contribution in [0.4, 0.5) is 0 Å². The third-order valence-corrected chi connectivity index (χ3v) is 3.94. The molecule has 2 fully saturated rings. The van der Waals surface area contributed by atoms with E-state index in [1.165, 1.54) is 6.92 Å². The van der Waals surface area contributed by atoms with Crippen molar-refractivity contribution in [1.29, 1.82) is 0 Å². The lowest BCUT2D eigenvalue weighted by atomic mass is 9.97. The average molecular weight is 326 g/mol. The molecule has 130 valence electrons. The van der Waals surface area contributed by atoms with Crippen molar-refractivity contribution in [2.75, 3.05) is 6.61 Å². The van der Waals surface area contributed by atoms with E-state index in [0.717, 1.165) is 0 Å². The SMILES string of the molecule is C[C@@H]1O[C@@H](O[C@H]2[C@H](O)[C@H](O)C(O)O[C@@H]2CO)[C@@H](O)[C@H](O)[C@@H]1O. The van der Waals surface area contributed by atoms with Gasteiger partial charge in [0.1, 0.15) is 42.7 Å². The first-order valence-corrected chi connectivity index (χ1v) is 6.93. The summed E-state index contributed by atoms with van der Waals surface area (Å²) in [6.45, 7) is 0.821. The molecule has 0 amide bonds. The first-order chi connectivity index (χ1) is 10.3. The van der Waals surface area contributed by atoms with E-state index in [9.17, 15) is 35.7 Å². The molecule has 0 saturated carbocycles. The highest BCUT2D eigenvalue weighted by molar-refractivity contribution is 4.93. The van der Waals surface area contributed by atoms with E-state index < -0.39 is 68.0 Å². The van der Waals surface area contributed by atoms with Gasteiger partial charge in [-0.15, -0.1) is 0 Å². The molecule has 10 atom stereocenters. The lowest BCUT2D eigenvalue weighted by Gasteiger charge is -2.44. The standard InChI is InChI=1S/C12H22O10/c1-3-5(14)6(15)9(18)12(20-3)22-10-4(2-13)21-11(19)8(17)7(10)16/h3-19H,2H2,1H3/t3-,4+,5+,6+,7+,8-,9-,10+,11?,12-/m0/s1. The zero-order valence-corrected chi connectivity index (χ0v) is 11.8. The molecule has 0 aliphatic carbocycles. The minimum atomic E-state index is -1.70. The summed E-state index contributed by atoms with van der Waals surface area (Å²) in [5, 5.41) is 67.3. The molecule has 7 N–H and O–H groups in total. The van der Waals surface area contributed by atoms with Gasteiger partial charge in [-0.25, -0.2) is 0 Å². The van der Waals surface area contributed by atoms with Crippen LogP contribution in [0.2, 0.25) is 0 Å². The van der Waals surface area contributed by atoms with Gasteiger partial charge in [0.05, 0.1) is 12.7 Å². The van der Waals surface area contributed by atoms with Crippen molar-refractivity contribution in [1.82, 2.24) is 0 Å². The van der Waals surface area contributed by atoms with Crippen LogP contribution in [-0.4, -0.2) is 104 Å². The largest absolute Gasteiger partial charge is 0.394 e. The molecule has 22 heavy (non-hydrogen) atoms. The van der Waals surface area contributed by atoms with Crippen molar-refractivity contribution in [3.8, 4) is 0 Å². The Bertz CT molecular complexity index is 366. The molecular weight excluding hydrogens is 304 g/mol. The van der Waals surface area contributed by atoms with E-state index in [-0.39, 0.29) is 0 Å². The average Bonchev–Trinajstić information content (AvgIpc) is 2.50. The summed E-state index contributed by atoms with van der Waals surface area (Å²) >= 11 is 0. The lowest BCUT2D eigenvalue weighted by molar-refractivity contribution is -0.352. The number of rotatable bonds is 3. The highest BCUT2D eigenvalue weighted by atomic mass is 16.7. The molecule has 10 nitrogen and oxygen atoms in total. The van der Waals surface area contributed by atoms with E-state index in [1.807, 2.05) is 0 Å². The number of ether oxygens (including phenoxy) is 3. The molecule has 0 radical (unpaired) electrons. The zero-order valence-electron chi connectivity index (χ0n) is 11.8. The van der Waals surface area contributed by atoms with E-state index in [2.05, 4.69) is 0 Å². The molecule has 0 aromatic carbocycles. The Morgan fingerprint density at radius 2 is 1.45 bits per heavy atom. The first kappa shape index (κ1) is 17.9. The highest BCUT2D eigenvalue weighted by Gasteiger charge is 2.49. The second-order valence-electron chi connectivity index (χ2n) is 5.51. The minimum absolute atomic E-state index is 0.630. The molecule has 0 aromatic heterocycles. The topological polar surface area (TPSA) is 169 Å². The molecule has 0 bridgehead atoms. The van der Waals surface area contributed by atoms with Crippen molar-refractivity contribution < 1.29 is 50.0 Å². The Morgan fingerprint density at radius 3 is 2.05 bits per heavy atom. The van der Waals surface area contributed by atoms with E-state index in [1.54, 1.807) is 0 Å².